The molecule has 3 N–H and O–H groups in total. The molecule has 2 aromatic rings. The fourth-order valence-corrected chi connectivity index (χ4v) is 4.11. The van der Waals surface area contributed by atoms with Crippen molar-refractivity contribution < 1.29 is 19.7 Å². The summed E-state index contributed by atoms with van der Waals surface area (Å²) < 4.78 is 5.15. The number of hydrogen-bond donors (Lipinski definition) is 3. The van der Waals surface area contributed by atoms with E-state index in [1.807, 2.05) is 12.1 Å². The number of ether oxygens (including phenoxy) is 1. The fraction of sp³-hybridized carbons (Fsp3) is 0.435. The van der Waals surface area contributed by atoms with Crippen LogP contribution in [0.5, 0.6) is 17.2 Å². The van der Waals surface area contributed by atoms with E-state index in [2.05, 4.69) is 17.1 Å². The van der Waals surface area contributed by atoms with E-state index in [9.17, 15) is 15.0 Å². The van der Waals surface area contributed by atoms with Crippen molar-refractivity contribution in [1.82, 2.24) is 4.90 Å². The first-order valence-corrected chi connectivity index (χ1v) is 10.2. The van der Waals surface area contributed by atoms with Crippen molar-refractivity contribution in [1.29, 1.82) is 0 Å². The molecule has 0 spiro atoms. The summed E-state index contributed by atoms with van der Waals surface area (Å²) in [6.45, 7) is 4.66. The summed E-state index contributed by atoms with van der Waals surface area (Å²) in [6, 6.07) is 12.0. The molecule has 1 aliphatic rings. The van der Waals surface area contributed by atoms with Gasteiger partial charge in [-0.3, -0.25) is 9.69 Å². The summed E-state index contributed by atoms with van der Waals surface area (Å²) in [6.07, 6.45) is 2.44. The number of aromatic hydroxyl groups is 2. The minimum atomic E-state index is -0.0136. The second-order valence-corrected chi connectivity index (χ2v) is 7.75. The summed E-state index contributed by atoms with van der Waals surface area (Å²) in [5, 5.41) is 22.7. The fourth-order valence-electron chi connectivity index (χ4n) is 4.11. The van der Waals surface area contributed by atoms with E-state index in [0.717, 1.165) is 31.5 Å². The summed E-state index contributed by atoms with van der Waals surface area (Å²) in [7, 11) is 1.59. The van der Waals surface area contributed by atoms with Gasteiger partial charge in [0.2, 0.25) is 5.91 Å². The molecule has 156 valence electrons. The Kier molecular flexibility index (Phi) is 6.99. The van der Waals surface area contributed by atoms with Crippen LogP contribution in [-0.2, 0) is 11.3 Å². The minimum Gasteiger partial charge on any atom is -0.508 e. The summed E-state index contributed by atoms with van der Waals surface area (Å²) >= 11 is 0. The van der Waals surface area contributed by atoms with Crippen LogP contribution in [0.25, 0.3) is 0 Å². The van der Waals surface area contributed by atoms with Crippen LogP contribution in [0.1, 0.15) is 31.7 Å². The Hall–Kier alpha value is -2.73. The van der Waals surface area contributed by atoms with Gasteiger partial charge in [0.25, 0.3) is 0 Å². The third-order valence-corrected chi connectivity index (χ3v) is 5.76. The number of methoxy groups -OCH3 is 1. The van der Waals surface area contributed by atoms with E-state index in [4.69, 9.17) is 4.74 Å². The molecular formula is C23H30N2O4. The maximum Gasteiger partial charge on any atom is 0.224 e. The van der Waals surface area contributed by atoms with Crippen LogP contribution in [0.15, 0.2) is 42.5 Å². The summed E-state index contributed by atoms with van der Waals surface area (Å²) in [5.74, 6) is 1.79. The van der Waals surface area contributed by atoms with Crippen LogP contribution in [0.2, 0.25) is 0 Å². The van der Waals surface area contributed by atoms with Crippen molar-refractivity contribution in [3.05, 3.63) is 48.0 Å². The third kappa shape index (κ3) is 5.64. The number of amides is 1. The van der Waals surface area contributed by atoms with Crippen molar-refractivity contribution in [2.75, 3.05) is 25.5 Å². The number of carbonyl (C=O) groups excluding carboxylic acids is 1. The highest BCUT2D eigenvalue weighted by molar-refractivity contribution is 5.91. The van der Waals surface area contributed by atoms with E-state index in [1.165, 1.54) is 0 Å². The highest BCUT2D eigenvalue weighted by Gasteiger charge is 2.30. The predicted octanol–water partition coefficient (Wildman–Crippen LogP) is 3.98. The monoisotopic (exact) mass is 398 g/mol. The average molecular weight is 399 g/mol. The molecule has 0 saturated carbocycles. The van der Waals surface area contributed by atoms with Crippen molar-refractivity contribution >= 4 is 11.6 Å². The van der Waals surface area contributed by atoms with Gasteiger partial charge in [-0.2, -0.15) is 0 Å². The van der Waals surface area contributed by atoms with E-state index in [-0.39, 0.29) is 17.4 Å². The maximum absolute atomic E-state index is 12.5. The van der Waals surface area contributed by atoms with Gasteiger partial charge >= 0.3 is 0 Å². The second kappa shape index (κ2) is 9.65. The lowest BCUT2D eigenvalue weighted by Gasteiger charge is -2.38. The van der Waals surface area contributed by atoms with Crippen molar-refractivity contribution in [2.45, 2.75) is 32.7 Å². The number of phenolic OH excluding ortho intramolecular Hbond substituents is 2. The van der Waals surface area contributed by atoms with Gasteiger partial charge in [-0.1, -0.05) is 25.5 Å². The van der Waals surface area contributed by atoms with Crippen LogP contribution in [0, 0.1) is 11.8 Å². The van der Waals surface area contributed by atoms with Gasteiger partial charge in [-0.05, 0) is 43.0 Å². The Labute approximate surface area is 172 Å². The molecule has 0 aromatic heterocycles. The molecular weight excluding hydrogens is 368 g/mol. The first kappa shape index (κ1) is 21.0. The Morgan fingerprint density at radius 2 is 2.03 bits per heavy atom. The van der Waals surface area contributed by atoms with Gasteiger partial charge in [-0.15, -0.1) is 0 Å². The van der Waals surface area contributed by atoms with E-state index in [1.54, 1.807) is 37.4 Å². The largest absolute Gasteiger partial charge is 0.508 e. The normalized spacial score (nSPS) is 19.7. The number of carbonyl (C=O) groups is 1. The molecule has 1 saturated heterocycles. The van der Waals surface area contributed by atoms with E-state index < -0.39 is 0 Å². The molecule has 29 heavy (non-hydrogen) atoms. The Morgan fingerprint density at radius 3 is 2.72 bits per heavy atom. The predicted molar refractivity (Wildman–Crippen MR) is 113 cm³/mol. The molecule has 0 bridgehead atoms. The average Bonchev–Trinajstić information content (AvgIpc) is 2.70. The number of anilines is 1. The van der Waals surface area contributed by atoms with Gasteiger partial charge in [0.15, 0.2) is 0 Å². The van der Waals surface area contributed by atoms with Crippen LogP contribution < -0.4 is 10.1 Å². The summed E-state index contributed by atoms with van der Waals surface area (Å²) in [4.78, 5) is 14.8. The van der Waals surface area contributed by atoms with Crippen LogP contribution in [0.4, 0.5) is 5.69 Å². The zero-order valence-electron chi connectivity index (χ0n) is 17.1. The van der Waals surface area contributed by atoms with Gasteiger partial charge in [0.1, 0.15) is 17.2 Å². The molecule has 1 aliphatic heterocycles. The Bertz CT molecular complexity index is 839. The Morgan fingerprint density at radius 1 is 1.21 bits per heavy atom. The molecule has 2 aromatic carbocycles. The number of rotatable bonds is 7. The quantitative estimate of drug-likeness (QED) is 0.657. The van der Waals surface area contributed by atoms with Crippen molar-refractivity contribution in [2.24, 2.45) is 11.8 Å². The number of benzene rings is 2. The molecule has 0 aliphatic carbocycles. The first-order chi connectivity index (χ1) is 14.0. The lowest BCUT2D eigenvalue weighted by molar-refractivity contribution is -0.118. The molecule has 2 atom stereocenters. The molecule has 1 heterocycles. The number of nitrogens with one attached hydrogen (secondary N) is 1. The van der Waals surface area contributed by atoms with Gasteiger partial charge in [-0.25, -0.2) is 0 Å². The van der Waals surface area contributed by atoms with Crippen molar-refractivity contribution in [3.63, 3.8) is 0 Å². The number of phenols is 2. The molecule has 1 fully saturated rings. The molecule has 6 nitrogen and oxygen atoms in total. The maximum atomic E-state index is 12.5. The smallest absolute Gasteiger partial charge is 0.224 e. The summed E-state index contributed by atoms with van der Waals surface area (Å²) in [5.41, 5.74) is 1.51. The van der Waals surface area contributed by atoms with Gasteiger partial charge in [0, 0.05) is 42.9 Å². The topological polar surface area (TPSA) is 82.0 Å². The van der Waals surface area contributed by atoms with Gasteiger partial charge in [0.05, 0.1) is 7.11 Å². The molecule has 2 unspecified atom stereocenters. The van der Waals surface area contributed by atoms with Crippen LogP contribution >= 0.6 is 0 Å². The lowest BCUT2D eigenvalue weighted by Crippen LogP contribution is -2.41. The number of nitrogens with zero attached hydrogens (tertiary/aromatic N) is 1. The lowest BCUT2D eigenvalue weighted by atomic mass is 9.81. The highest BCUT2D eigenvalue weighted by Crippen LogP contribution is 2.32. The standard InChI is InChI=1S/C23H30N2O4/c1-3-16-14-25(15-18-7-8-21(29-2)13-22(18)27)10-9-17(16)11-23(28)24-19-5-4-6-20(26)12-19/h4-8,12-13,16-17,26-27H,3,9-11,14-15H2,1-2H3,(H,24,28). The van der Waals surface area contributed by atoms with Crippen LogP contribution in [0.3, 0.4) is 0 Å². The molecule has 3 rings (SSSR count). The van der Waals surface area contributed by atoms with E-state index >= 15 is 0 Å². The van der Waals surface area contributed by atoms with Crippen LogP contribution in [-0.4, -0.2) is 41.2 Å². The second-order valence-electron chi connectivity index (χ2n) is 7.75. The van der Waals surface area contributed by atoms with E-state index in [0.29, 0.717) is 36.2 Å². The first-order valence-electron chi connectivity index (χ1n) is 10.2. The van der Waals surface area contributed by atoms with Crippen molar-refractivity contribution in [3.8, 4) is 17.2 Å². The SMILES string of the molecule is CCC1CN(Cc2ccc(OC)cc2O)CCC1CC(=O)Nc1cccc(O)c1. The zero-order chi connectivity index (χ0) is 20.8. The third-order valence-electron chi connectivity index (χ3n) is 5.76. The number of hydrogen-bond acceptors (Lipinski definition) is 5. The molecule has 1 amide bonds. The number of piperidine rings is 1. The zero-order valence-corrected chi connectivity index (χ0v) is 17.1. The minimum absolute atomic E-state index is 0.0136. The number of likely N-dealkylation sites (tertiary alicyclic amines) is 1. The molecule has 0 radical (unpaired) electrons. The van der Waals surface area contributed by atoms with Gasteiger partial charge < -0.3 is 20.3 Å². The highest BCUT2D eigenvalue weighted by atomic mass is 16.5. The molecule has 6 heteroatoms. The Balaban J connectivity index is 1.55.